The Morgan fingerprint density at radius 3 is 2.56 bits per heavy atom. The van der Waals surface area contributed by atoms with E-state index in [2.05, 4.69) is 40.8 Å². The van der Waals surface area contributed by atoms with Crippen LogP contribution in [0.1, 0.15) is 55.4 Å². The third-order valence-corrected chi connectivity index (χ3v) is 6.47. The Balaban J connectivity index is 0.000000384. The second-order valence-electron chi connectivity index (χ2n) is 9.35. The number of aldehydes is 1. The van der Waals surface area contributed by atoms with E-state index in [1.165, 1.54) is 17.4 Å². The second kappa shape index (κ2) is 18.0. The van der Waals surface area contributed by atoms with Crippen molar-refractivity contribution in [3.05, 3.63) is 58.5 Å². The summed E-state index contributed by atoms with van der Waals surface area (Å²) in [4.78, 5) is 19.1. The molecule has 1 fully saturated rings. The Labute approximate surface area is 231 Å². The highest BCUT2D eigenvalue weighted by Gasteiger charge is 2.26. The first-order valence-electron chi connectivity index (χ1n) is 13.0. The topological polar surface area (TPSA) is 148 Å². The first-order valence-corrected chi connectivity index (χ1v) is 13.0. The van der Waals surface area contributed by atoms with Crippen molar-refractivity contribution < 1.29 is 14.3 Å². The van der Waals surface area contributed by atoms with E-state index in [0.29, 0.717) is 24.2 Å². The Hall–Kier alpha value is -3.43. The van der Waals surface area contributed by atoms with Crippen LogP contribution >= 0.6 is 0 Å². The molecule has 214 valence electrons. The third-order valence-electron chi connectivity index (χ3n) is 6.47. The number of anilines is 1. The summed E-state index contributed by atoms with van der Waals surface area (Å²) >= 11 is 0. The zero-order chi connectivity index (χ0) is 29.4. The van der Waals surface area contributed by atoms with Gasteiger partial charge in [0.2, 0.25) is 0 Å². The van der Waals surface area contributed by atoms with E-state index in [1.807, 2.05) is 19.1 Å². The number of likely N-dealkylation sites (N-methyl/N-ethyl adjacent to an activating group) is 1. The van der Waals surface area contributed by atoms with Gasteiger partial charge in [-0.15, -0.1) is 0 Å². The van der Waals surface area contributed by atoms with Gasteiger partial charge in [0.1, 0.15) is 30.3 Å². The number of pyridine rings is 1. The van der Waals surface area contributed by atoms with Gasteiger partial charge in [0.05, 0.1) is 5.56 Å². The van der Waals surface area contributed by atoms with Crippen LogP contribution < -0.4 is 16.7 Å². The number of nitrogens with zero attached hydrogens (tertiary/aromatic N) is 6. The molecule has 2 unspecified atom stereocenters. The molecule has 1 aliphatic rings. The number of hydrazine groups is 1. The smallest absolute Gasteiger partial charge is 0.148 e. The molecule has 0 radical (unpaired) electrons. The Bertz CT molecular complexity index is 1070. The summed E-state index contributed by atoms with van der Waals surface area (Å²) in [6.07, 6.45) is 5.12. The third kappa shape index (κ3) is 10.7. The van der Waals surface area contributed by atoms with Gasteiger partial charge in [-0.05, 0) is 62.1 Å². The fourth-order valence-electron chi connectivity index (χ4n) is 4.41. The molecule has 0 amide bonds. The summed E-state index contributed by atoms with van der Waals surface area (Å²) in [5.74, 6) is 10.8. The molecule has 5 N–H and O–H groups in total. The van der Waals surface area contributed by atoms with E-state index in [-0.39, 0.29) is 12.2 Å². The van der Waals surface area contributed by atoms with E-state index in [4.69, 9.17) is 22.1 Å². The zero-order valence-electron chi connectivity index (χ0n) is 23.7. The van der Waals surface area contributed by atoms with Gasteiger partial charge in [-0.3, -0.25) is 4.90 Å². The van der Waals surface area contributed by atoms with Crippen molar-refractivity contribution in [2.45, 2.75) is 52.5 Å². The lowest BCUT2D eigenvalue weighted by Crippen LogP contribution is -2.52. The lowest BCUT2D eigenvalue weighted by molar-refractivity contribution is -0.107. The molecule has 0 aliphatic carbocycles. The van der Waals surface area contributed by atoms with Gasteiger partial charge in [-0.2, -0.15) is 10.4 Å². The van der Waals surface area contributed by atoms with E-state index >= 15 is 0 Å². The monoisotopic (exact) mass is 542 g/mol. The van der Waals surface area contributed by atoms with Crippen molar-refractivity contribution in [2.75, 3.05) is 44.8 Å². The molecule has 39 heavy (non-hydrogen) atoms. The highest BCUT2D eigenvalue weighted by molar-refractivity contribution is 5.75. The molecule has 1 aromatic heterocycles. The van der Waals surface area contributed by atoms with Crippen LogP contribution in [0.3, 0.4) is 0 Å². The Morgan fingerprint density at radius 1 is 1.33 bits per heavy atom. The van der Waals surface area contributed by atoms with Crippen LogP contribution in [0.4, 0.5) is 10.2 Å². The number of carbonyl (C=O) groups is 1. The maximum atomic E-state index is 13.7. The number of rotatable bonds is 8. The van der Waals surface area contributed by atoms with Gasteiger partial charge < -0.3 is 20.6 Å². The molecular weight excluding hydrogens is 499 g/mol. The first-order chi connectivity index (χ1) is 18.7. The second-order valence-corrected chi connectivity index (χ2v) is 9.35. The predicted octanol–water partition coefficient (Wildman–Crippen LogP) is 2.54. The molecule has 3 rings (SSSR count). The molecule has 2 heterocycles. The lowest BCUT2D eigenvalue weighted by Gasteiger charge is -2.41. The molecule has 10 nitrogen and oxygen atoms in total. The number of halogens is 1. The van der Waals surface area contributed by atoms with Crippen LogP contribution in [0, 0.1) is 24.1 Å². The maximum absolute atomic E-state index is 13.7. The van der Waals surface area contributed by atoms with Crippen molar-refractivity contribution in [3.8, 4) is 6.07 Å². The SMILES string of the molecule is CCC1CN(C)CCN1CC(C)c1ccc(F)c(C#N)c1C.CCO.N/N=C\N(N)c1ccc(CC=O)cn1. The average molecular weight is 543 g/mol. The highest BCUT2D eigenvalue weighted by atomic mass is 19.1. The number of aliphatic hydroxyl groups excluding tert-OH is 1. The first kappa shape index (κ1) is 33.6. The number of aromatic nitrogens is 1. The number of benzene rings is 1. The van der Waals surface area contributed by atoms with Crippen LogP contribution in [-0.4, -0.2) is 78.4 Å². The minimum atomic E-state index is -0.415. The normalized spacial score (nSPS) is 16.3. The van der Waals surface area contributed by atoms with Gasteiger partial charge in [0.25, 0.3) is 0 Å². The van der Waals surface area contributed by atoms with Crippen LogP contribution in [0.5, 0.6) is 0 Å². The lowest BCUT2D eigenvalue weighted by atomic mass is 9.92. The quantitative estimate of drug-likeness (QED) is 0.150. The standard InChI is InChI=1S/C18H26FN3.C8H11N5O.C2H6O/c1-5-15-12-21(4)8-9-22(15)11-13(2)16-6-7-18(19)17(10-20)14(16)3;9-12-6-13(10)8-2-1-7(3-4-14)5-11-8;1-2-3/h6-7,13,15H,5,8-9,11-12H2,1-4H3;1-2,4-6H,3,9-10H2;3H,2H2,1H3/b;12-6-;. The summed E-state index contributed by atoms with van der Waals surface area (Å²) in [5.41, 5.74) is 2.90. The minimum absolute atomic E-state index is 0.190. The molecule has 1 saturated heterocycles. The average Bonchev–Trinajstić information content (AvgIpc) is 2.91. The molecule has 0 spiro atoms. The number of aliphatic hydroxyl groups is 1. The van der Waals surface area contributed by atoms with Crippen LogP contribution in [0.25, 0.3) is 0 Å². The number of hydrogen-bond acceptors (Lipinski definition) is 9. The van der Waals surface area contributed by atoms with Crippen molar-refractivity contribution in [1.29, 1.82) is 5.26 Å². The number of hydrogen-bond donors (Lipinski definition) is 3. The van der Waals surface area contributed by atoms with Crippen molar-refractivity contribution >= 4 is 18.4 Å². The van der Waals surface area contributed by atoms with E-state index in [0.717, 1.165) is 55.6 Å². The molecule has 11 heteroatoms. The fraction of sp³-hybridized carbons (Fsp3) is 0.500. The predicted molar refractivity (Wildman–Crippen MR) is 154 cm³/mol. The summed E-state index contributed by atoms with van der Waals surface area (Å²) in [5, 5.41) is 21.1. The number of nitrogens with two attached hydrogens (primary N) is 2. The zero-order valence-corrected chi connectivity index (χ0v) is 23.7. The fourth-order valence-corrected chi connectivity index (χ4v) is 4.41. The maximum Gasteiger partial charge on any atom is 0.148 e. The van der Waals surface area contributed by atoms with Crippen molar-refractivity contribution in [1.82, 2.24) is 14.8 Å². The molecule has 1 aliphatic heterocycles. The summed E-state index contributed by atoms with van der Waals surface area (Å²) < 4.78 is 13.7. The molecule has 0 bridgehead atoms. The summed E-state index contributed by atoms with van der Waals surface area (Å²) in [6, 6.07) is 9.29. The highest BCUT2D eigenvalue weighted by Crippen LogP contribution is 2.26. The van der Waals surface area contributed by atoms with E-state index < -0.39 is 5.82 Å². The van der Waals surface area contributed by atoms with Crippen molar-refractivity contribution in [2.24, 2.45) is 16.8 Å². The molecule has 0 saturated carbocycles. The van der Waals surface area contributed by atoms with Crippen molar-refractivity contribution in [3.63, 3.8) is 0 Å². The minimum Gasteiger partial charge on any atom is -0.397 e. The number of carbonyl (C=O) groups excluding carboxylic acids is 1. The van der Waals surface area contributed by atoms with Crippen LogP contribution in [0.2, 0.25) is 0 Å². The molecule has 2 atom stereocenters. The van der Waals surface area contributed by atoms with Gasteiger partial charge in [0, 0.05) is 51.4 Å². The largest absolute Gasteiger partial charge is 0.397 e. The number of nitriles is 1. The number of piperazine rings is 1. The molecular formula is C28H43FN8O2. The Kier molecular flexibility index (Phi) is 15.5. The van der Waals surface area contributed by atoms with Crippen LogP contribution in [0.15, 0.2) is 35.6 Å². The van der Waals surface area contributed by atoms with Crippen LogP contribution in [-0.2, 0) is 11.2 Å². The summed E-state index contributed by atoms with van der Waals surface area (Å²) in [7, 11) is 2.17. The van der Waals surface area contributed by atoms with Gasteiger partial charge in [-0.25, -0.2) is 20.2 Å². The molecule has 1 aromatic carbocycles. The summed E-state index contributed by atoms with van der Waals surface area (Å²) in [6.45, 7) is 12.4. The van der Waals surface area contributed by atoms with Gasteiger partial charge in [-0.1, -0.05) is 26.0 Å². The molecule has 2 aromatic rings. The van der Waals surface area contributed by atoms with Gasteiger partial charge in [0.15, 0.2) is 0 Å². The van der Waals surface area contributed by atoms with Gasteiger partial charge >= 0.3 is 0 Å². The number of hydrazone groups is 1. The van der Waals surface area contributed by atoms with E-state index in [9.17, 15) is 9.18 Å². The van der Waals surface area contributed by atoms with E-state index in [1.54, 1.807) is 25.3 Å². The Morgan fingerprint density at radius 2 is 2.03 bits per heavy atom.